The Morgan fingerprint density at radius 1 is 1.24 bits per heavy atom. The molecule has 6 nitrogen and oxygen atoms in total. The topological polar surface area (TPSA) is 65.4 Å². The van der Waals surface area contributed by atoms with E-state index in [9.17, 15) is 4.79 Å². The number of benzene rings is 2. The molecule has 4 rings (SSSR count). The minimum Gasteiger partial charge on any atom is -0.497 e. The summed E-state index contributed by atoms with van der Waals surface area (Å²) in [4.78, 5) is 17.0. The summed E-state index contributed by atoms with van der Waals surface area (Å²) >= 11 is 0. The van der Waals surface area contributed by atoms with E-state index >= 15 is 0 Å². The Morgan fingerprint density at radius 3 is 2.72 bits per heavy atom. The molecule has 29 heavy (non-hydrogen) atoms. The van der Waals surface area contributed by atoms with Gasteiger partial charge < -0.3 is 19.4 Å². The fraction of sp³-hybridized carbons (Fsp3) is 0.304. The van der Waals surface area contributed by atoms with Crippen LogP contribution < -0.4 is 10.1 Å². The third-order valence-corrected chi connectivity index (χ3v) is 5.37. The number of imidazole rings is 1. The van der Waals surface area contributed by atoms with E-state index in [2.05, 4.69) is 29.4 Å². The Bertz CT molecular complexity index is 967. The summed E-state index contributed by atoms with van der Waals surface area (Å²) in [6.45, 7) is 3.64. The Labute approximate surface area is 170 Å². The molecule has 0 saturated carbocycles. The number of ether oxygens (including phenoxy) is 2. The highest BCUT2D eigenvalue weighted by Crippen LogP contribution is 2.29. The highest BCUT2D eigenvalue weighted by molar-refractivity contribution is 5.93. The first-order chi connectivity index (χ1) is 14.2. The molecule has 0 bridgehead atoms. The van der Waals surface area contributed by atoms with Gasteiger partial charge in [-0.15, -0.1) is 0 Å². The van der Waals surface area contributed by atoms with Crippen LogP contribution in [0, 0.1) is 0 Å². The predicted molar refractivity (Wildman–Crippen MR) is 110 cm³/mol. The second-order valence-electron chi connectivity index (χ2n) is 7.29. The number of carbonyl (C=O) groups excluding carboxylic acids is 1. The minimum absolute atomic E-state index is 0.0726. The van der Waals surface area contributed by atoms with Gasteiger partial charge in [-0.05, 0) is 29.2 Å². The van der Waals surface area contributed by atoms with Crippen molar-refractivity contribution >= 4 is 5.91 Å². The molecule has 1 aromatic heterocycles. The summed E-state index contributed by atoms with van der Waals surface area (Å²) in [5.74, 6) is 0.888. The van der Waals surface area contributed by atoms with E-state index in [1.807, 2.05) is 47.0 Å². The zero-order valence-electron chi connectivity index (χ0n) is 16.7. The molecular weight excluding hydrogens is 366 g/mol. The Kier molecular flexibility index (Phi) is 5.62. The van der Waals surface area contributed by atoms with Gasteiger partial charge in [0.2, 0.25) is 0 Å². The maximum atomic E-state index is 12.7. The molecule has 0 fully saturated rings. The van der Waals surface area contributed by atoms with Crippen LogP contribution in [-0.4, -0.2) is 29.1 Å². The molecular formula is C23H25N3O3. The number of nitrogens with zero attached hydrogens (tertiary/aromatic N) is 2. The molecule has 6 heteroatoms. The van der Waals surface area contributed by atoms with Crippen LogP contribution in [0.15, 0.2) is 60.9 Å². The van der Waals surface area contributed by atoms with E-state index in [4.69, 9.17) is 9.47 Å². The Hall–Kier alpha value is -3.12. The lowest BCUT2D eigenvalue weighted by atomic mass is 10.0. The summed E-state index contributed by atoms with van der Waals surface area (Å²) in [6, 6.07) is 18.0. The highest BCUT2D eigenvalue weighted by atomic mass is 16.5. The maximum absolute atomic E-state index is 12.7. The second-order valence-corrected chi connectivity index (χ2v) is 7.29. The van der Waals surface area contributed by atoms with Gasteiger partial charge >= 0.3 is 0 Å². The Balaban J connectivity index is 1.40. The lowest BCUT2D eigenvalue weighted by Gasteiger charge is -2.25. The fourth-order valence-electron chi connectivity index (χ4n) is 3.57. The van der Waals surface area contributed by atoms with Gasteiger partial charge in [-0.2, -0.15) is 0 Å². The van der Waals surface area contributed by atoms with Gasteiger partial charge in [0.15, 0.2) is 5.69 Å². The van der Waals surface area contributed by atoms with Crippen molar-refractivity contribution in [1.82, 2.24) is 14.9 Å². The molecule has 150 valence electrons. The molecule has 3 aromatic rings. The van der Waals surface area contributed by atoms with Crippen molar-refractivity contribution in [2.24, 2.45) is 0 Å². The van der Waals surface area contributed by atoms with Crippen molar-refractivity contribution in [3.8, 4) is 5.75 Å². The quantitative estimate of drug-likeness (QED) is 0.696. The number of methoxy groups -OCH3 is 1. The summed E-state index contributed by atoms with van der Waals surface area (Å²) in [5, 5.41) is 3.00. The number of aromatic nitrogens is 2. The summed E-state index contributed by atoms with van der Waals surface area (Å²) in [5.41, 5.74) is 3.54. The van der Waals surface area contributed by atoms with Gasteiger partial charge in [-0.1, -0.05) is 49.4 Å². The average molecular weight is 391 g/mol. The van der Waals surface area contributed by atoms with Crippen LogP contribution in [-0.2, 0) is 17.9 Å². The number of nitrogens with one attached hydrogen (secondary N) is 1. The number of carbonyl (C=O) groups is 1. The van der Waals surface area contributed by atoms with Crippen molar-refractivity contribution < 1.29 is 14.3 Å². The summed E-state index contributed by atoms with van der Waals surface area (Å²) < 4.78 is 13.2. The fourth-order valence-corrected chi connectivity index (χ4v) is 3.57. The smallest absolute Gasteiger partial charge is 0.271 e. The summed E-state index contributed by atoms with van der Waals surface area (Å²) in [7, 11) is 1.65. The van der Waals surface area contributed by atoms with E-state index in [0.29, 0.717) is 25.4 Å². The first kappa shape index (κ1) is 19.2. The van der Waals surface area contributed by atoms with Crippen LogP contribution in [0.3, 0.4) is 0 Å². The molecule has 1 aliphatic heterocycles. The minimum atomic E-state index is -0.159. The van der Waals surface area contributed by atoms with E-state index < -0.39 is 0 Å². The molecule has 1 amide bonds. The van der Waals surface area contributed by atoms with Gasteiger partial charge in [-0.25, -0.2) is 4.98 Å². The van der Waals surface area contributed by atoms with Gasteiger partial charge in [0.1, 0.15) is 11.9 Å². The van der Waals surface area contributed by atoms with Crippen molar-refractivity contribution in [2.45, 2.75) is 32.1 Å². The standard InChI is InChI=1S/C23H25N3O3/c1-16(17-6-4-3-5-7-17)12-24-23(27)22-20-14-29-21(13-26(20)15-25-22)18-8-10-19(28-2)11-9-18/h3-11,15-16,21H,12-14H2,1-2H3,(H,24,27)/t16-,21+/m1/s1. The number of amides is 1. The predicted octanol–water partition coefficient (Wildman–Crippen LogP) is 3.70. The molecule has 2 heterocycles. The molecule has 2 atom stereocenters. The molecule has 0 spiro atoms. The van der Waals surface area contributed by atoms with Crippen LogP contribution in [0.25, 0.3) is 0 Å². The van der Waals surface area contributed by atoms with Crippen LogP contribution in [0.1, 0.15) is 46.3 Å². The normalized spacial score (nSPS) is 16.7. The van der Waals surface area contributed by atoms with Crippen molar-refractivity contribution in [3.63, 3.8) is 0 Å². The molecule has 1 aliphatic rings. The lowest BCUT2D eigenvalue weighted by Crippen LogP contribution is -2.30. The largest absolute Gasteiger partial charge is 0.497 e. The van der Waals surface area contributed by atoms with Gasteiger partial charge in [-0.3, -0.25) is 4.79 Å². The van der Waals surface area contributed by atoms with Crippen LogP contribution in [0.4, 0.5) is 0 Å². The van der Waals surface area contributed by atoms with Gasteiger partial charge in [0.25, 0.3) is 5.91 Å². The number of rotatable bonds is 6. The van der Waals surface area contributed by atoms with Gasteiger partial charge in [0, 0.05) is 6.54 Å². The van der Waals surface area contributed by atoms with Crippen molar-refractivity contribution in [1.29, 1.82) is 0 Å². The van der Waals surface area contributed by atoms with Crippen molar-refractivity contribution in [2.75, 3.05) is 13.7 Å². The second kappa shape index (κ2) is 8.49. The molecule has 0 saturated heterocycles. The molecule has 2 aromatic carbocycles. The van der Waals surface area contributed by atoms with Gasteiger partial charge in [0.05, 0.1) is 32.3 Å². The zero-order valence-corrected chi connectivity index (χ0v) is 16.7. The van der Waals surface area contributed by atoms with Crippen LogP contribution >= 0.6 is 0 Å². The summed E-state index contributed by atoms with van der Waals surface area (Å²) in [6.07, 6.45) is 1.65. The van der Waals surface area contributed by atoms with E-state index in [-0.39, 0.29) is 17.9 Å². The molecule has 0 aliphatic carbocycles. The average Bonchev–Trinajstić information content (AvgIpc) is 3.21. The monoisotopic (exact) mass is 391 g/mol. The third kappa shape index (κ3) is 4.17. The first-order valence-corrected chi connectivity index (χ1v) is 9.78. The molecule has 0 unspecified atom stereocenters. The zero-order chi connectivity index (χ0) is 20.2. The Morgan fingerprint density at radius 2 is 2.00 bits per heavy atom. The third-order valence-electron chi connectivity index (χ3n) is 5.37. The SMILES string of the molecule is COc1ccc([C@@H]2Cn3cnc(C(=O)NC[C@@H](C)c4ccccc4)c3CO2)cc1. The van der Waals surface area contributed by atoms with E-state index in [1.54, 1.807) is 13.4 Å². The van der Waals surface area contributed by atoms with E-state index in [0.717, 1.165) is 17.0 Å². The number of hydrogen-bond donors (Lipinski definition) is 1. The van der Waals surface area contributed by atoms with E-state index in [1.165, 1.54) is 5.56 Å². The number of fused-ring (bicyclic) bond motifs is 1. The lowest BCUT2D eigenvalue weighted by molar-refractivity contribution is 0.00255. The molecule has 1 N–H and O–H groups in total. The van der Waals surface area contributed by atoms with Crippen LogP contribution in [0.2, 0.25) is 0 Å². The first-order valence-electron chi connectivity index (χ1n) is 9.78. The van der Waals surface area contributed by atoms with Crippen LogP contribution in [0.5, 0.6) is 5.75 Å². The molecule has 0 radical (unpaired) electrons. The highest BCUT2D eigenvalue weighted by Gasteiger charge is 2.26. The number of hydrogen-bond acceptors (Lipinski definition) is 4. The van der Waals surface area contributed by atoms with Crippen molar-refractivity contribution in [3.05, 3.63) is 83.4 Å². The maximum Gasteiger partial charge on any atom is 0.271 e.